The van der Waals surface area contributed by atoms with Gasteiger partial charge in [-0.15, -0.1) is 0 Å². The SMILES string of the molecule is CCCCCCCC/C=C\CCCCCCCCCC(=O)OCCCCCCCCCCC/C=C\C/C=C\CCCCCCCCCCCCCCCCCCCC(=O)NC(CO)C(O)/C=C/CCCCCCCCCCCCCCCC. The van der Waals surface area contributed by atoms with E-state index in [9.17, 15) is 19.8 Å². The molecule has 1 amide bonds. The highest BCUT2D eigenvalue weighted by Crippen LogP contribution is 2.18. The molecule has 0 aliphatic heterocycles. The van der Waals surface area contributed by atoms with Crippen molar-refractivity contribution in [2.45, 2.75) is 418 Å². The maximum atomic E-state index is 12.5. The van der Waals surface area contributed by atoms with Crippen LogP contribution in [0, 0.1) is 0 Å². The number of aliphatic hydroxyl groups is 2. The number of ether oxygens (including phenoxy) is 1. The minimum atomic E-state index is -0.844. The van der Waals surface area contributed by atoms with Crippen molar-refractivity contribution < 1.29 is 24.5 Å². The molecule has 0 aromatic carbocycles. The minimum Gasteiger partial charge on any atom is -0.466 e. The average molecular weight is 1170 g/mol. The van der Waals surface area contributed by atoms with Crippen LogP contribution in [0.15, 0.2) is 48.6 Å². The van der Waals surface area contributed by atoms with Crippen molar-refractivity contribution in [1.29, 1.82) is 0 Å². The number of rotatable bonds is 70. The van der Waals surface area contributed by atoms with Gasteiger partial charge in [-0.05, 0) is 89.9 Å². The third kappa shape index (κ3) is 68.8. The Labute approximate surface area is 518 Å². The van der Waals surface area contributed by atoms with E-state index in [1.165, 1.54) is 327 Å². The molecule has 0 radical (unpaired) electrons. The molecule has 0 spiro atoms. The number of carbonyl (C=O) groups excluding carboxylic acids is 2. The van der Waals surface area contributed by atoms with E-state index in [1.807, 2.05) is 6.08 Å². The Morgan fingerprint density at radius 3 is 0.928 bits per heavy atom. The van der Waals surface area contributed by atoms with E-state index in [1.54, 1.807) is 6.08 Å². The molecule has 0 rings (SSSR count). The van der Waals surface area contributed by atoms with Crippen LogP contribution in [0.4, 0.5) is 0 Å². The van der Waals surface area contributed by atoms with E-state index in [0.29, 0.717) is 19.4 Å². The molecule has 83 heavy (non-hydrogen) atoms. The van der Waals surface area contributed by atoms with Crippen molar-refractivity contribution in [3.63, 3.8) is 0 Å². The normalized spacial score (nSPS) is 12.8. The third-order valence-electron chi connectivity index (χ3n) is 17.3. The summed E-state index contributed by atoms with van der Waals surface area (Å²) in [4.78, 5) is 24.6. The number of amides is 1. The summed E-state index contributed by atoms with van der Waals surface area (Å²) in [6.45, 7) is 4.93. The monoisotopic (exact) mass is 1160 g/mol. The molecule has 488 valence electrons. The molecule has 2 unspecified atom stereocenters. The second-order valence-electron chi connectivity index (χ2n) is 25.6. The number of esters is 1. The summed E-state index contributed by atoms with van der Waals surface area (Å²) in [5, 5.41) is 23.2. The standard InChI is InChI=1S/C77H145NO5/c1-3-5-7-9-11-13-15-17-19-38-43-47-51-55-59-63-67-71-77(82)83-72-68-64-60-56-52-48-44-40-37-35-33-31-29-27-25-23-21-22-24-26-28-30-32-34-36-39-42-46-50-54-58-62-66-70-76(81)78-74(73-79)75(80)69-65-61-57-53-49-45-41-20-18-16-14-12-10-8-6-4-2/h17,19,25,27,31,33,65,69,74-75,79-80H,3-16,18,20-24,26,28-30,32,34-64,66-68,70-73H2,1-2H3,(H,78,81)/b19-17-,27-25-,33-31-,69-65+. The van der Waals surface area contributed by atoms with Gasteiger partial charge in [0.25, 0.3) is 0 Å². The maximum Gasteiger partial charge on any atom is 0.305 e. The largest absolute Gasteiger partial charge is 0.466 e. The van der Waals surface area contributed by atoms with Gasteiger partial charge in [0.15, 0.2) is 0 Å². The lowest BCUT2D eigenvalue weighted by atomic mass is 10.0. The van der Waals surface area contributed by atoms with Crippen LogP contribution >= 0.6 is 0 Å². The first-order valence-electron chi connectivity index (χ1n) is 37.4. The highest BCUT2D eigenvalue weighted by molar-refractivity contribution is 5.76. The summed E-state index contributed by atoms with van der Waals surface area (Å²) in [7, 11) is 0. The molecule has 3 N–H and O–H groups in total. The summed E-state index contributed by atoms with van der Waals surface area (Å²) < 4.78 is 5.50. The Morgan fingerprint density at radius 2 is 0.602 bits per heavy atom. The number of hydrogen-bond donors (Lipinski definition) is 3. The zero-order valence-corrected chi connectivity index (χ0v) is 55.9. The predicted molar refractivity (Wildman–Crippen MR) is 366 cm³/mol. The van der Waals surface area contributed by atoms with Crippen LogP contribution < -0.4 is 5.32 Å². The summed E-state index contributed by atoms with van der Waals surface area (Å²) in [6, 6.07) is -0.627. The Balaban J connectivity index is 3.39. The van der Waals surface area contributed by atoms with Gasteiger partial charge >= 0.3 is 5.97 Å². The van der Waals surface area contributed by atoms with Crippen molar-refractivity contribution in [2.75, 3.05) is 13.2 Å². The molecular weight excluding hydrogens is 1020 g/mol. The van der Waals surface area contributed by atoms with Gasteiger partial charge in [0.05, 0.1) is 25.4 Å². The van der Waals surface area contributed by atoms with E-state index in [4.69, 9.17) is 4.74 Å². The van der Waals surface area contributed by atoms with Gasteiger partial charge in [-0.1, -0.05) is 351 Å². The zero-order valence-electron chi connectivity index (χ0n) is 55.9. The third-order valence-corrected chi connectivity index (χ3v) is 17.3. The average Bonchev–Trinajstić information content (AvgIpc) is 3.49. The van der Waals surface area contributed by atoms with E-state index in [0.717, 1.165) is 51.4 Å². The van der Waals surface area contributed by atoms with Crippen LogP contribution in [0.3, 0.4) is 0 Å². The topological polar surface area (TPSA) is 95.9 Å². The van der Waals surface area contributed by atoms with Crippen molar-refractivity contribution in [1.82, 2.24) is 5.32 Å². The van der Waals surface area contributed by atoms with Crippen molar-refractivity contribution >= 4 is 11.9 Å². The van der Waals surface area contributed by atoms with Gasteiger partial charge in [0.1, 0.15) is 0 Å². The Hall–Kier alpha value is -2.18. The van der Waals surface area contributed by atoms with E-state index in [2.05, 4.69) is 55.6 Å². The lowest BCUT2D eigenvalue weighted by Gasteiger charge is -2.20. The fraction of sp³-hybridized carbons (Fsp3) is 0.870. The van der Waals surface area contributed by atoms with E-state index >= 15 is 0 Å². The summed E-state index contributed by atoms with van der Waals surface area (Å²) in [5.41, 5.74) is 0. The van der Waals surface area contributed by atoms with Crippen molar-refractivity contribution in [3.8, 4) is 0 Å². The van der Waals surface area contributed by atoms with Gasteiger partial charge in [0, 0.05) is 12.8 Å². The van der Waals surface area contributed by atoms with Gasteiger partial charge in [-0.25, -0.2) is 0 Å². The molecule has 2 atom stereocenters. The quantitative estimate of drug-likeness (QED) is 0.0320. The number of unbranched alkanes of at least 4 members (excludes halogenated alkanes) is 53. The highest BCUT2D eigenvalue weighted by atomic mass is 16.5. The number of allylic oxidation sites excluding steroid dienone is 7. The number of aliphatic hydroxyl groups excluding tert-OH is 2. The zero-order chi connectivity index (χ0) is 59.9. The van der Waals surface area contributed by atoms with E-state index < -0.39 is 12.1 Å². The number of carbonyl (C=O) groups is 2. The summed E-state index contributed by atoms with van der Waals surface area (Å²) >= 11 is 0. The smallest absolute Gasteiger partial charge is 0.305 e. The number of nitrogens with one attached hydrogen (secondary N) is 1. The molecule has 0 bridgehead atoms. The van der Waals surface area contributed by atoms with Crippen LogP contribution in [-0.2, 0) is 14.3 Å². The molecule has 0 heterocycles. The van der Waals surface area contributed by atoms with Gasteiger partial charge in [-0.3, -0.25) is 9.59 Å². The molecule has 0 fully saturated rings. The molecule has 0 aliphatic rings. The van der Waals surface area contributed by atoms with Gasteiger partial charge in [-0.2, -0.15) is 0 Å². The molecule has 0 aromatic heterocycles. The first-order valence-corrected chi connectivity index (χ1v) is 37.4. The fourth-order valence-electron chi connectivity index (χ4n) is 11.6. The van der Waals surface area contributed by atoms with E-state index in [-0.39, 0.29) is 18.5 Å². The van der Waals surface area contributed by atoms with Crippen molar-refractivity contribution in [3.05, 3.63) is 48.6 Å². The molecule has 0 aromatic rings. The second-order valence-corrected chi connectivity index (χ2v) is 25.6. The van der Waals surface area contributed by atoms with Gasteiger partial charge in [0.2, 0.25) is 5.91 Å². The first kappa shape index (κ1) is 80.8. The lowest BCUT2D eigenvalue weighted by molar-refractivity contribution is -0.143. The van der Waals surface area contributed by atoms with Crippen LogP contribution in [0.1, 0.15) is 406 Å². The Bertz CT molecular complexity index is 1390. The summed E-state index contributed by atoms with van der Waals surface area (Å²) in [5.74, 6) is -0.0528. The molecular formula is C77H145NO5. The van der Waals surface area contributed by atoms with Gasteiger partial charge < -0.3 is 20.3 Å². The Morgan fingerprint density at radius 1 is 0.337 bits per heavy atom. The van der Waals surface area contributed by atoms with Crippen molar-refractivity contribution in [2.24, 2.45) is 0 Å². The van der Waals surface area contributed by atoms with Crippen LogP contribution in [0.25, 0.3) is 0 Å². The fourth-order valence-corrected chi connectivity index (χ4v) is 11.6. The Kier molecular flexibility index (Phi) is 70.4. The second kappa shape index (κ2) is 72.3. The minimum absolute atomic E-state index is 0.0109. The lowest BCUT2D eigenvalue weighted by Crippen LogP contribution is -2.45. The highest BCUT2D eigenvalue weighted by Gasteiger charge is 2.18. The molecule has 0 saturated carbocycles. The molecule has 6 nitrogen and oxygen atoms in total. The maximum absolute atomic E-state index is 12.5. The molecule has 0 aliphatic carbocycles. The number of hydrogen-bond acceptors (Lipinski definition) is 5. The molecule has 6 heteroatoms. The van der Waals surface area contributed by atoms with Crippen LogP contribution in [0.5, 0.6) is 0 Å². The van der Waals surface area contributed by atoms with Crippen LogP contribution in [-0.4, -0.2) is 47.4 Å². The summed E-state index contributed by atoms with van der Waals surface area (Å²) in [6.07, 6.45) is 95.0. The molecule has 0 saturated heterocycles. The first-order chi connectivity index (χ1) is 41.0. The predicted octanol–water partition coefficient (Wildman–Crippen LogP) is 24.4. The van der Waals surface area contributed by atoms with Crippen LogP contribution in [0.2, 0.25) is 0 Å².